The monoisotopic (exact) mass is 443 g/mol. The van der Waals surface area contributed by atoms with Crippen molar-refractivity contribution in [3.63, 3.8) is 0 Å². The minimum atomic E-state index is -0.0453. The molecule has 0 aliphatic heterocycles. The third kappa shape index (κ3) is 5.41. The van der Waals surface area contributed by atoms with Gasteiger partial charge in [-0.3, -0.25) is 14.3 Å². The Morgan fingerprint density at radius 1 is 1.17 bits per heavy atom. The summed E-state index contributed by atoms with van der Waals surface area (Å²) in [6.07, 6.45) is 0. The Balaban J connectivity index is 1.74. The Kier molecular flexibility index (Phi) is 7.53. The van der Waals surface area contributed by atoms with Gasteiger partial charge in [0.15, 0.2) is 11.0 Å². The molecule has 2 aromatic carbocycles. The van der Waals surface area contributed by atoms with Gasteiger partial charge < -0.3 is 5.32 Å². The van der Waals surface area contributed by atoms with Gasteiger partial charge in [0.2, 0.25) is 5.91 Å². The van der Waals surface area contributed by atoms with Crippen molar-refractivity contribution < 1.29 is 4.79 Å². The summed E-state index contributed by atoms with van der Waals surface area (Å²) in [6.45, 7) is 4.62. The van der Waals surface area contributed by atoms with Crippen molar-refractivity contribution in [3.05, 3.63) is 70.5 Å². The van der Waals surface area contributed by atoms with Crippen LogP contribution in [0, 0.1) is 6.92 Å². The van der Waals surface area contributed by atoms with Crippen LogP contribution < -0.4 is 5.32 Å². The highest BCUT2D eigenvalue weighted by atomic mass is 35.5. The number of carbonyl (C=O) groups is 1. The van der Waals surface area contributed by atoms with Crippen LogP contribution in [-0.4, -0.2) is 45.4 Å². The molecule has 30 heavy (non-hydrogen) atoms. The molecule has 8 heteroatoms. The van der Waals surface area contributed by atoms with Gasteiger partial charge in [0.1, 0.15) is 0 Å². The number of thioether (sulfide) groups is 1. The van der Waals surface area contributed by atoms with E-state index in [0.29, 0.717) is 16.7 Å². The van der Waals surface area contributed by atoms with Crippen molar-refractivity contribution in [3.8, 4) is 5.69 Å². The lowest BCUT2D eigenvalue weighted by molar-refractivity contribution is -0.118. The summed E-state index contributed by atoms with van der Waals surface area (Å²) in [7, 11) is 3.99. The number of carbonyl (C=O) groups excluding carboxylic acids is 1. The summed E-state index contributed by atoms with van der Waals surface area (Å²) in [5.74, 6) is 1.02. The topological polar surface area (TPSA) is 63.1 Å². The highest BCUT2D eigenvalue weighted by Crippen LogP contribution is 2.27. The second-order valence-corrected chi connectivity index (χ2v) is 8.66. The zero-order valence-electron chi connectivity index (χ0n) is 17.6. The zero-order valence-corrected chi connectivity index (χ0v) is 19.2. The minimum absolute atomic E-state index is 0.0453. The van der Waals surface area contributed by atoms with E-state index < -0.39 is 0 Å². The average molecular weight is 444 g/mol. The van der Waals surface area contributed by atoms with E-state index >= 15 is 0 Å². The lowest BCUT2D eigenvalue weighted by Crippen LogP contribution is -2.25. The first-order valence-corrected chi connectivity index (χ1v) is 11.0. The molecule has 158 valence electrons. The molecule has 0 saturated heterocycles. The second kappa shape index (κ2) is 10.1. The van der Waals surface area contributed by atoms with E-state index in [1.54, 1.807) is 0 Å². The molecule has 0 radical (unpaired) electrons. The molecule has 1 atom stereocenters. The highest BCUT2D eigenvalue weighted by molar-refractivity contribution is 7.99. The molecule has 0 aliphatic rings. The normalized spacial score (nSPS) is 12.2. The van der Waals surface area contributed by atoms with Gasteiger partial charge >= 0.3 is 0 Å². The fourth-order valence-corrected chi connectivity index (χ4v) is 3.81. The predicted octanol–water partition coefficient (Wildman–Crippen LogP) is 4.26. The van der Waals surface area contributed by atoms with Gasteiger partial charge in [-0.25, -0.2) is 0 Å². The molecule has 1 N–H and O–H groups in total. The first kappa shape index (κ1) is 22.3. The Bertz CT molecular complexity index is 1000. The average Bonchev–Trinajstić information content (AvgIpc) is 3.15. The van der Waals surface area contributed by atoms with Crippen LogP contribution in [-0.2, 0) is 11.3 Å². The minimum Gasteiger partial charge on any atom is -0.351 e. The SMILES string of the molecule is Cc1ccccc1CNC(=O)CSc1nnc(C(C)N(C)C)n1-c1ccc(Cl)cc1. The standard InChI is InChI=1S/C22H26ClN5OS/c1-15-7-5-6-8-17(15)13-24-20(29)14-30-22-26-25-21(16(2)27(3)4)28(22)19-11-9-18(23)10-12-19/h5-12,16H,13-14H2,1-4H3,(H,24,29). The Labute approximate surface area is 186 Å². The van der Waals surface area contributed by atoms with Gasteiger partial charge in [0.05, 0.1) is 11.8 Å². The van der Waals surface area contributed by atoms with Crippen LogP contribution in [0.5, 0.6) is 0 Å². The van der Waals surface area contributed by atoms with Crippen molar-refractivity contribution in [2.75, 3.05) is 19.8 Å². The van der Waals surface area contributed by atoms with Crippen LogP contribution in [0.2, 0.25) is 5.02 Å². The summed E-state index contributed by atoms with van der Waals surface area (Å²) in [5, 5.41) is 13.1. The maximum atomic E-state index is 12.4. The van der Waals surface area contributed by atoms with Gasteiger partial charge in [0.25, 0.3) is 0 Å². The van der Waals surface area contributed by atoms with E-state index in [9.17, 15) is 4.79 Å². The fourth-order valence-electron chi connectivity index (χ4n) is 2.89. The van der Waals surface area contributed by atoms with Gasteiger partial charge in [-0.15, -0.1) is 10.2 Å². The quantitative estimate of drug-likeness (QED) is 0.527. The smallest absolute Gasteiger partial charge is 0.230 e. The highest BCUT2D eigenvalue weighted by Gasteiger charge is 2.21. The number of rotatable bonds is 8. The molecule has 3 aromatic rings. The number of nitrogens with zero attached hydrogens (tertiary/aromatic N) is 4. The number of hydrogen-bond donors (Lipinski definition) is 1. The van der Waals surface area contributed by atoms with Gasteiger partial charge in [-0.05, 0) is 63.3 Å². The maximum absolute atomic E-state index is 12.4. The number of halogens is 1. The van der Waals surface area contributed by atoms with E-state index in [1.165, 1.54) is 11.8 Å². The Morgan fingerprint density at radius 3 is 2.53 bits per heavy atom. The van der Waals surface area contributed by atoms with Crippen LogP contribution >= 0.6 is 23.4 Å². The molecule has 1 aromatic heterocycles. The summed E-state index contributed by atoms with van der Waals surface area (Å²) in [5.41, 5.74) is 3.19. The molecular formula is C22H26ClN5OS. The van der Waals surface area contributed by atoms with E-state index in [2.05, 4.69) is 27.3 Å². The van der Waals surface area contributed by atoms with Crippen LogP contribution in [0.15, 0.2) is 53.7 Å². The summed E-state index contributed by atoms with van der Waals surface area (Å²) in [6, 6.07) is 15.6. The molecule has 0 saturated carbocycles. The fraction of sp³-hybridized carbons (Fsp3) is 0.318. The molecule has 3 rings (SSSR count). The van der Waals surface area contributed by atoms with Crippen molar-refractivity contribution in [1.82, 2.24) is 25.0 Å². The van der Waals surface area contributed by atoms with Crippen molar-refractivity contribution >= 4 is 29.3 Å². The summed E-state index contributed by atoms with van der Waals surface area (Å²) in [4.78, 5) is 14.5. The number of benzene rings is 2. The van der Waals surface area contributed by atoms with Gasteiger partial charge in [0, 0.05) is 17.3 Å². The molecule has 1 amide bonds. The van der Waals surface area contributed by atoms with Crippen LogP contribution in [0.4, 0.5) is 0 Å². The molecule has 6 nitrogen and oxygen atoms in total. The molecular weight excluding hydrogens is 418 g/mol. The number of amides is 1. The first-order chi connectivity index (χ1) is 14.4. The molecule has 1 heterocycles. The maximum Gasteiger partial charge on any atom is 0.230 e. The number of aryl methyl sites for hydroxylation is 1. The summed E-state index contributed by atoms with van der Waals surface area (Å²) < 4.78 is 1.99. The summed E-state index contributed by atoms with van der Waals surface area (Å²) >= 11 is 7.43. The zero-order chi connectivity index (χ0) is 21.7. The largest absolute Gasteiger partial charge is 0.351 e. The van der Waals surface area contributed by atoms with E-state index in [1.807, 2.05) is 74.1 Å². The van der Waals surface area contributed by atoms with E-state index in [4.69, 9.17) is 11.6 Å². The van der Waals surface area contributed by atoms with E-state index in [0.717, 1.165) is 22.6 Å². The molecule has 1 unspecified atom stereocenters. The Hall–Kier alpha value is -2.35. The molecule has 0 fully saturated rings. The van der Waals surface area contributed by atoms with Gasteiger partial charge in [-0.2, -0.15) is 0 Å². The van der Waals surface area contributed by atoms with Crippen molar-refractivity contribution in [2.45, 2.75) is 31.6 Å². The van der Waals surface area contributed by atoms with Crippen LogP contribution in [0.3, 0.4) is 0 Å². The number of aromatic nitrogens is 3. The molecule has 0 bridgehead atoms. The van der Waals surface area contributed by atoms with Gasteiger partial charge in [-0.1, -0.05) is 47.6 Å². The Morgan fingerprint density at radius 2 is 1.87 bits per heavy atom. The van der Waals surface area contributed by atoms with Crippen molar-refractivity contribution in [1.29, 1.82) is 0 Å². The lowest BCUT2D eigenvalue weighted by atomic mass is 10.1. The van der Waals surface area contributed by atoms with Crippen LogP contribution in [0.25, 0.3) is 5.69 Å². The molecule has 0 aliphatic carbocycles. The molecule has 0 spiro atoms. The van der Waals surface area contributed by atoms with Crippen molar-refractivity contribution in [2.24, 2.45) is 0 Å². The number of nitrogens with one attached hydrogen (secondary N) is 1. The number of hydrogen-bond acceptors (Lipinski definition) is 5. The van der Waals surface area contributed by atoms with Crippen LogP contribution in [0.1, 0.15) is 29.9 Å². The first-order valence-electron chi connectivity index (χ1n) is 9.68. The lowest BCUT2D eigenvalue weighted by Gasteiger charge is -2.20. The third-order valence-corrected chi connectivity index (χ3v) is 6.14. The second-order valence-electron chi connectivity index (χ2n) is 7.28. The third-order valence-electron chi connectivity index (χ3n) is 4.96. The van der Waals surface area contributed by atoms with E-state index in [-0.39, 0.29) is 17.7 Å². The predicted molar refractivity (Wildman–Crippen MR) is 122 cm³/mol.